The molecule has 0 aromatic heterocycles. The van der Waals surface area contributed by atoms with E-state index in [1.165, 1.54) is 0 Å². The third-order valence-electron chi connectivity index (χ3n) is 4.13. The van der Waals surface area contributed by atoms with Gasteiger partial charge in [-0.1, -0.05) is 13.0 Å². The van der Waals surface area contributed by atoms with Crippen molar-refractivity contribution >= 4 is 5.78 Å². The van der Waals surface area contributed by atoms with Gasteiger partial charge in [0.2, 0.25) is 0 Å². The Bertz CT molecular complexity index is 325. The number of hydrogen-bond donors (Lipinski definition) is 2. The van der Waals surface area contributed by atoms with Crippen molar-refractivity contribution in [1.82, 2.24) is 0 Å². The first-order valence-corrected chi connectivity index (χ1v) is 6.82. The van der Waals surface area contributed by atoms with E-state index < -0.39 is 11.7 Å². The molecule has 0 radical (unpaired) electrons. The molecular weight excluding hydrogens is 228 g/mol. The lowest BCUT2D eigenvalue weighted by Gasteiger charge is -2.29. The highest BCUT2D eigenvalue weighted by Crippen LogP contribution is 2.30. The smallest absolute Gasteiger partial charge is 0.158 e. The van der Waals surface area contributed by atoms with Crippen molar-refractivity contribution in [3.8, 4) is 0 Å². The molecule has 0 saturated carbocycles. The summed E-state index contributed by atoms with van der Waals surface area (Å²) in [6.07, 6.45) is 4.34. The summed E-state index contributed by atoms with van der Waals surface area (Å²) in [6, 6.07) is 0. The van der Waals surface area contributed by atoms with Crippen molar-refractivity contribution < 1.29 is 15.0 Å². The molecule has 0 aromatic rings. The maximum absolute atomic E-state index is 11.6. The molecule has 0 aliphatic heterocycles. The molecule has 3 nitrogen and oxygen atoms in total. The van der Waals surface area contributed by atoms with Crippen molar-refractivity contribution in [1.29, 1.82) is 0 Å². The van der Waals surface area contributed by atoms with E-state index in [1.54, 1.807) is 13.8 Å². The van der Waals surface area contributed by atoms with Gasteiger partial charge in [-0.3, -0.25) is 4.79 Å². The monoisotopic (exact) mass is 254 g/mol. The van der Waals surface area contributed by atoms with Crippen molar-refractivity contribution in [2.24, 2.45) is 11.8 Å². The van der Waals surface area contributed by atoms with Crippen LogP contribution in [0.2, 0.25) is 0 Å². The normalized spacial score (nSPS) is 24.7. The van der Waals surface area contributed by atoms with Crippen LogP contribution in [0.3, 0.4) is 0 Å². The van der Waals surface area contributed by atoms with E-state index in [2.05, 4.69) is 6.92 Å². The fourth-order valence-corrected chi connectivity index (χ4v) is 2.37. The van der Waals surface area contributed by atoms with Gasteiger partial charge in [0.1, 0.15) is 0 Å². The SMILES string of the molecule is CC1=CC[C@H]([C@H](C)CC[C@H](O)C(C)(C)O)CC1=O. The Labute approximate surface area is 110 Å². The van der Waals surface area contributed by atoms with Crippen LogP contribution in [0.4, 0.5) is 0 Å². The Morgan fingerprint density at radius 3 is 2.56 bits per heavy atom. The van der Waals surface area contributed by atoms with Crippen LogP contribution in [-0.2, 0) is 4.79 Å². The maximum Gasteiger partial charge on any atom is 0.158 e. The van der Waals surface area contributed by atoms with Gasteiger partial charge in [-0.25, -0.2) is 0 Å². The summed E-state index contributed by atoms with van der Waals surface area (Å²) < 4.78 is 0. The van der Waals surface area contributed by atoms with E-state index in [-0.39, 0.29) is 5.78 Å². The van der Waals surface area contributed by atoms with Gasteiger partial charge < -0.3 is 10.2 Å². The van der Waals surface area contributed by atoms with Crippen LogP contribution in [0, 0.1) is 11.8 Å². The average molecular weight is 254 g/mol. The molecule has 18 heavy (non-hydrogen) atoms. The predicted molar refractivity (Wildman–Crippen MR) is 72.2 cm³/mol. The van der Waals surface area contributed by atoms with Crippen molar-refractivity contribution in [2.75, 3.05) is 0 Å². The summed E-state index contributed by atoms with van der Waals surface area (Å²) >= 11 is 0. The molecule has 3 atom stereocenters. The summed E-state index contributed by atoms with van der Waals surface area (Å²) in [7, 11) is 0. The second kappa shape index (κ2) is 5.98. The molecule has 0 bridgehead atoms. The molecule has 0 spiro atoms. The number of Topliss-reactive ketones (excluding diaryl/α,β-unsaturated/α-hetero) is 1. The molecule has 2 N–H and O–H groups in total. The largest absolute Gasteiger partial charge is 0.390 e. The Kier molecular flexibility index (Phi) is 5.11. The van der Waals surface area contributed by atoms with Crippen molar-refractivity contribution in [3.63, 3.8) is 0 Å². The number of hydrogen-bond acceptors (Lipinski definition) is 3. The minimum Gasteiger partial charge on any atom is -0.390 e. The highest BCUT2D eigenvalue weighted by molar-refractivity contribution is 5.95. The number of aliphatic hydroxyl groups excluding tert-OH is 1. The summed E-state index contributed by atoms with van der Waals surface area (Å²) in [4.78, 5) is 11.6. The summed E-state index contributed by atoms with van der Waals surface area (Å²) in [5.41, 5.74) is -0.159. The number of carbonyl (C=O) groups excluding carboxylic acids is 1. The predicted octanol–water partition coefficient (Wildman–Crippen LogP) is 2.46. The van der Waals surface area contributed by atoms with Crippen LogP contribution >= 0.6 is 0 Å². The molecule has 0 amide bonds. The molecular formula is C15H26O3. The van der Waals surface area contributed by atoms with E-state index in [1.807, 2.05) is 13.0 Å². The Morgan fingerprint density at radius 2 is 2.06 bits per heavy atom. The fraction of sp³-hybridized carbons (Fsp3) is 0.800. The van der Waals surface area contributed by atoms with E-state index in [4.69, 9.17) is 0 Å². The van der Waals surface area contributed by atoms with Gasteiger partial charge >= 0.3 is 0 Å². The zero-order valence-electron chi connectivity index (χ0n) is 11.9. The molecule has 0 heterocycles. The zero-order chi connectivity index (χ0) is 13.9. The van der Waals surface area contributed by atoms with Gasteiger partial charge in [-0.05, 0) is 57.4 Å². The van der Waals surface area contributed by atoms with E-state index in [9.17, 15) is 15.0 Å². The first-order chi connectivity index (χ1) is 8.21. The van der Waals surface area contributed by atoms with E-state index >= 15 is 0 Å². The minimum absolute atomic E-state index is 0.251. The molecule has 0 unspecified atom stereocenters. The third kappa shape index (κ3) is 4.21. The number of aliphatic hydroxyl groups is 2. The Hall–Kier alpha value is -0.670. The number of carbonyl (C=O) groups is 1. The first-order valence-electron chi connectivity index (χ1n) is 6.82. The van der Waals surface area contributed by atoms with Gasteiger partial charge in [0.15, 0.2) is 5.78 Å². The molecule has 0 aromatic carbocycles. The van der Waals surface area contributed by atoms with Crippen LogP contribution in [0.15, 0.2) is 11.6 Å². The molecule has 0 saturated heterocycles. The van der Waals surface area contributed by atoms with E-state index in [0.717, 1.165) is 18.4 Å². The van der Waals surface area contributed by atoms with Gasteiger partial charge in [0.05, 0.1) is 11.7 Å². The van der Waals surface area contributed by atoms with Gasteiger partial charge in [-0.15, -0.1) is 0 Å². The third-order valence-corrected chi connectivity index (χ3v) is 4.13. The van der Waals surface area contributed by atoms with E-state index in [0.29, 0.717) is 24.7 Å². The van der Waals surface area contributed by atoms with Gasteiger partial charge in [-0.2, -0.15) is 0 Å². The lowest BCUT2D eigenvalue weighted by atomic mass is 9.78. The van der Waals surface area contributed by atoms with Crippen LogP contribution in [-0.4, -0.2) is 27.7 Å². The van der Waals surface area contributed by atoms with Gasteiger partial charge in [0.25, 0.3) is 0 Å². The summed E-state index contributed by atoms with van der Waals surface area (Å²) in [6.45, 7) is 7.25. The van der Waals surface area contributed by atoms with Crippen molar-refractivity contribution in [2.45, 2.75) is 65.1 Å². The maximum atomic E-state index is 11.6. The highest BCUT2D eigenvalue weighted by atomic mass is 16.3. The van der Waals surface area contributed by atoms with Crippen LogP contribution < -0.4 is 0 Å². The molecule has 0 fully saturated rings. The second-order valence-corrected chi connectivity index (χ2v) is 6.23. The fourth-order valence-electron chi connectivity index (χ4n) is 2.37. The first kappa shape index (κ1) is 15.4. The summed E-state index contributed by atoms with van der Waals surface area (Å²) in [5, 5.41) is 19.5. The summed E-state index contributed by atoms with van der Waals surface area (Å²) in [5.74, 6) is 1.03. The molecule has 1 aliphatic rings. The topological polar surface area (TPSA) is 57.5 Å². The minimum atomic E-state index is -1.04. The molecule has 1 rings (SSSR count). The number of ketones is 1. The molecule has 104 valence electrons. The Morgan fingerprint density at radius 1 is 1.44 bits per heavy atom. The molecule has 1 aliphatic carbocycles. The van der Waals surface area contributed by atoms with Gasteiger partial charge in [0, 0.05) is 6.42 Å². The highest BCUT2D eigenvalue weighted by Gasteiger charge is 2.28. The lowest BCUT2D eigenvalue weighted by Crippen LogP contribution is -2.36. The lowest BCUT2D eigenvalue weighted by molar-refractivity contribution is -0.117. The zero-order valence-corrected chi connectivity index (χ0v) is 11.9. The van der Waals surface area contributed by atoms with Crippen molar-refractivity contribution in [3.05, 3.63) is 11.6 Å². The number of rotatable bonds is 5. The standard InChI is InChI=1S/C15H26O3/c1-10(6-8-14(17)15(3,4)18)12-7-5-11(2)13(16)9-12/h5,10,12,14,17-18H,6-9H2,1-4H3/t10-,12+,14+/m1/s1. The quantitative estimate of drug-likeness (QED) is 0.792. The Balaban J connectivity index is 2.43. The van der Waals surface area contributed by atoms with Crippen LogP contribution in [0.1, 0.15) is 53.4 Å². The average Bonchev–Trinajstić information content (AvgIpc) is 2.27. The van der Waals surface area contributed by atoms with Crippen LogP contribution in [0.25, 0.3) is 0 Å². The molecule has 3 heteroatoms. The number of allylic oxidation sites excluding steroid dienone is 2. The second-order valence-electron chi connectivity index (χ2n) is 6.23. The van der Waals surface area contributed by atoms with Crippen LogP contribution in [0.5, 0.6) is 0 Å².